The molecule has 0 radical (unpaired) electrons. The van der Waals surface area contributed by atoms with Gasteiger partial charge in [-0.25, -0.2) is 14.0 Å². The van der Waals surface area contributed by atoms with Crippen LogP contribution in [0, 0.1) is 18.2 Å². The first-order chi connectivity index (χ1) is 31.3. The van der Waals surface area contributed by atoms with E-state index in [1.807, 2.05) is 6.07 Å². The Morgan fingerprint density at radius 3 is 2.52 bits per heavy atom. The second-order valence-corrected chi connectivity index (χ2v) is 16.1. The number of piperazine rings is 1. The largest absolute Gasteiger partial charge is 0.478 e. The molecule has 1 saturated heterocycles. The molecule has 4 aliphatic rings. The number of nitrogens with two attached hydrogens (primary N) is 1. The van der Waals surface area contributed by atoms with Crippen LogP contribution in [0.2, 0.25) is 5.02 Å². The van der Waals surface area contributed by atoms with Crippen molar-refractivity contribution in [3.63, 3.8) is 0 Å². The number of esters is 1. The molecule has 0 bridgehead atoms. The van der Waals surface area contributed by atoms with Crippen molar-refractivity contribution < 1.29 is 37.8 Å². The normalized spacial score (nSPS) is 15.4. The number of halogens is 2. The minimum Gasteiger partial charge on any atom is -0.478 e. The maximum atomic E-state index is 14.1. The Morgan fingerprint density at radius 2 is 1.80 bits per heavy atom. The van der Waals surface area contributed by atoms with Gasteiger partial charge in [0.25, 0.3) is 5.91 Å². The van der Waals surface area contributed by atoms with Gasteiger partial charge < -0.3 is 40.9 Å². The molecule has 1 fully saturated rings. The number of fused-ring (bicyclic) bond motifs is 2. The van der Waals surface area contributed by atoms with E-state index in [0.717, 1.165) is 0 Å². The van der Waals surface area contributed by atoms with Crippen LogP contribution < -0.4 is 21.7 Å². The van der Waals surface area contributed by atoms with E-state index in [4.69, 9.17) is 36.9 Å². The summed E-state index contributed by atoms with van der Waals surface area (Å²) in [6, 6.07) is 21.3. The second kappa shape index (κ2) is 18.7. The maximum absolute atomic E-state index is 14.1. The highest BCUT2D eigenvalue weighted by molar-refractivity contribution is 6.31. The minimum atomic E-state index is -1.23. The minimum absolute atomic E-state index is 0.0826. The van der Waals surface area contributed by atoms with Crippen molar-refractivity contribution in [2.24, 2.45) is 4.99 Å². The van der Waals surface area contributed by atoms with Gasteiger partial charge in [0.05, 0.1) is 23.6 Å². The lowest BCUT2D eigenvalue weighted by Gasteiger charge is -2.36. The van der Waals surface area contributed by atoms with Crippen LogP contribution in [0.1, 0.15) is 56.4 Å². The summed E-state index contributed by atoms with van der Waals surface area (Å²) in [5.41, 5.74) is 10.8. The number of amidine groups is 1. The van der Waals surface area contributed by atoms with Gasteiger partial charge in [0.15, 0.2) is 5.84 Å². The molecule has 1 aliphatic carbocycles. The average molecular weight is 899 g/mol. The number of amides is 2. The van der Waals surface area contributed by atoms with Crippen LogP contribution in [-0.2, 0) is 14.3 Å². The molecule has 332 valence electrons. The zero-order chi connectivity index (χ0) is 45.9. The lowest BCUT2D eigenvalue weighted by atomic mass is 9.88. The van der Waals surface area contributed by atoms with Gasteiger partial charge in [-0.2, -0.15) is 0 Å². The van der Waals surface area contributed by atoms with E-state index in [9.17, 15) is 28.7 Å². The van der Waals surface area contributed by atoms with Crippen LogP contribution in [0.5, 0.6) is 0 Å². The standard InChI is InChI=1S/C48H44ClFN8O7/c1-26-36(52)15-14-33-41(32-13-10-29(51)24-39(32)65-44(26)33)30-11-8-27(22-34(30)47(61)62)46(60)54-17-5-7-40(59)58-20-18-57(19-21-58)25-38-42(48(63)64-2)43(31-12-9-28(50)23-35(31)49)56-45(55-38)37-6-3-4-16-53-37/h3-4,6,8-16,22-24,43,52H,5,7,17-21,25,51H2,1-2H3,(H,54,60)(H,55,56)(H,61,62). The molecule has 4 heterocycles. The number of methoxy groups -OCH3 is 1. The fraction of sp³-hybridized carbons (Fsp3) is 0.229. The summed E-state index contributed by atoms with van der Waals surface area (Å²) in [5.74, 6) is -2.13. The monoisotopic (exact) mass is 898 g/mol. The molecule has 1 aromatic heterocycles. The number of nitrogens with zero attached hydrogens (tertiary/aromatic N) is 4. The van der Waals surface area contributed by atoms with Gasteiger partial charge in [0.2, 0.25) is 5.91 Å². The molecule has 15 nitrogen and oxygen atoms in total. The number of ether oxygens (including phenoxy) is 1. The number of anilines is 1. The highest BCUT2D eigenvalue weighted by atomic mass is 35.5. The summed E-state index contributed by atoms with van der Waals surface area (Å²) in [4.78, 5) is 65.9. The summed E-state index contributed by atoms with van der Waals surface area (Å²) in [5, 5.41) is 25.8. The van der Waals surface area contributed by atoms with Crippen LogP contribution >= 0.6 is 11.6 Å². The third-order valence-electron chi connectivity index (χ3n) is 11.6. The Balaban J connectivity index is 0.906. The van der Waals surface area contributed by atoms with E-state index in [2.05, 4.69) is 20.5 Å². The highest BCUT2D eigenvalue weighted by Gasteiger charge is 2.35. The number of nitrogens with one attached hydrogen (secondary N) is 3. The van der Waals surface area contributed by atoms with Crippen molar-refractivity contribution in [1.82, 2.24) is 25.4 Å². The SMILES string of the molecule is COC(=O)C1=C(CN2CCN(C(=O)CCCNC(=O)c3ccc(-c4c5ccc(=N)c(C)c-5oc5cc(N)ccc45)c(C(=O)O)c3)CC2)NC(c2ccccn2)=NC1c1ccc(F)cc1Cl. The Bertz CT molecular complexity index is 2970. The number of carbonyl (C=O) groups is 4. The lowest BCUT2D eigenvalue weighted by Crippen LogP contribution is -2.50. The smallest absolute Gasteiger partial charge is 0.338 e. The third-order valence-corrected chi connectivity index (χ3v) is 11.9. The highest BCUT2D eigenvalue weighted by Crippen LogP contribution is 2.43. The number of nitrogen functional groups attached to an aromatic ring is 1. The third kappa shape index (κ3) is 9.17. The predicted molar refractivity (Wildman–Crippen MR) is 242 cm³/mol. The van der Waals surface area contributed by atoms with Crippen molar-refractivity contribution in [1.29, 1.82) is 5.41 Å². The van der Waals surface area contributed by atoms with E-state index in [0.29, 0.717) is 100 Å². The number of benzene rings is 4. The van der Waals surface area contributed by atoms with Crippen molar-refractivity contribution >= 4 is 57.8 Å². The number of hydrogen-bond acceptors (Lipinski definition) is 12. The predicted octanol–water partition coefficient (Wildman–Crippen LogP) is 6.33. The fourth-order valence-corrected chi connectivity index (χ4v) is 8.48. The molecule has 17 heteroatoms. The number of aromatic carboxylic acids is 1. The Morgan fingerprint density at radius 1 is 1.02 bits per heavy atom. The number of aliphatic imine (C=N–C) groups is 1. The molecule has 1 atom stereocenters. The zero-order valence-electron chi connectivity index (χ0n) is 35.4. The van der Waals surface area contributed by atoms with Crippen molar-refractivity contribution in [2.45, 2.75) is 25.8 Å². The number of pyridine rings is 1. The van der Waals surface area contributed by atoms with Crippen LogP contribution in [0.15, 0.2) is 112 Å². The molecule has 3 aromatic carbocycles. The molecule has 0 spiro atoms. The molecule has 1 unspecified atom stereocenters. The summed E-state index contributed by atoms with van der Waals surface area (Å²) >= 11 is 6.51. The van der Waals surface area contributed by atoms with Crippen LogP contribution in [0.3, 0.4) is 0 Å². The quantitative estimate of drug-likeness (QED) is 0.0396. The lowest BCUT2D eigenvalue weighted by molar-refractivity contribution is -0.136. The van der Waals surface area contributed by atoms with Gasteiger partial charge in [0.1, 0.15) is 28.9 Å². The molecule has 4 aromatic rings. The number of aromatic nitrogens is 1. The van der Waals surface area contributed by atoms with Crippen molar-refractivity contribution in [3.05, 3.63) is 147 Å². The van der Waals surface area contributed by atoms with Crippen LogP contribution in [-0.4, -0.2) is 95.9 Å². The van der Waals surface area contributed by atoms with Gasteiger partial charge in [-0.3, -0.25) is 24.5 Å². The number of carbonyl (C=O) groups excluding carboxylic acids is 3. The number of rotatable bonds is 12. The van der Waals surface area contributed by atoms with Gasteiger partial charge >= 0.3 is 11.9 Å². The second-order valence-electron chi connectivity index (χ2n) is 15.7. The summed E-state index contributed by atoms with van der Waals surface area (Å²) in [6.45, 7) is 4.03. The Labute approximate surface area is 377 Å². The molecule has 6 N–H and O–H groups in total. The Kier molecular flexibility index (Phi) is 12.7. The van der Waals surface area contributed by atoms with Crippen LogP contribution in [0.25, 0.3) is 33.4 Å². The van der Waals surface area contributed by atoms with E-state index < -0.39 is 29.7 Å². The summed E-state index contributed by atoms with van der Waals surface area (Å²) < 4.78 is 25.5. The van der Waals surface area contributed by atoms with Crippen LogP contribution in [0.4, 0.5) is 10.1 Å². The molecule has 65 heavy (non-hydrogen) atoms. The zero-order valence-corrected chi connectivity index (χ0v) is 36.2. The molecule has 0 saturated carbocycles. The summed E-state index contributed by atoms with van der Waals surface area (Å²) in [6.07, 6.45) is 2.15. The molecule has 8 rings (SSSR count). The summed E-state index contributed by atoms with van der Waals surface area (Å²) in [7, 11) is 1.27. The van der Waals surface area contributed by atoms with E-state index in [1.54, 1.807) is 72.6 Å². The molecular weight excluding hydrogens is 855 g/mol. The van der Waals surface area contributed by atoms with Gasteiger partial charge in [-0.1, -0.05) is 29.8 Å². The molecule has 3 aliphatic heterocycles. The van der Waals surface area contributed by atoms with Gasteiger partial charge in [-0.15, -0.1) is 0 Å². The number of hydrogen-bond donors (Lipinski definition) is 5. The Hall–Kier alpha value is -7.43. The van der Waals surface area contributed by atoms with E-state index in [1.165, 1.54) is 31.4 Å². The van der Waals surface area contributed by atoms with Crippen molar-refractivity contribution in [3.8, 4) is 22.5 Å². The van der Waals surface area contributed by atoms with E-state index in [-0.39, 0.29) is 52.5 Å². The number of carboxylic acids is 1. The van der Waals surface area contributed by atoms with E-state index >= 15 is 0 Å². The van der Waals surface area contributed by atoms with Crippen molar-refractivity contribution in [2.75, 3.05) is 52.1 Å². The van der Waals surface area contributed by atoms with Gasteiger partial charge in [-0.05, 0) is 79.6 Å². The average Bonchev–Trinajstić information content (AvgIpc) is 3.30. The molecular formula is C48H44ClFN8O7. The van der Waals surface area contributed by atoms with Gasteiger partial charge in [0, 0.05) is 108 Å². The topological polar surface area (TPSA) is 217 Å². The maximum Gasteiger partial charge on any atom is 0.338 e. The first-order valence-corrected chi connectivity index (χ1v) is 21.2. The number of carboxylic acid groups (broad SMARTS) is 1. The first-order valence-electron chi connectivity index (χ1n) is 20.8. The molecule has 2 amide bonds. The first kappa shape index (κ1) is 44.2. The fourth-order valence-electron chi connectivity index (χ4n) is 8.21.